The molecule has 0 unspecified atom stereocenters. The number of benzene rings is 2. The maximum absolute atomic E-state index is 13.4. The Bertz CT molecular complexity index is 797. The van der Waals surface area contributed by atoms with Crippen LogP contribution in [0.5, 0.6) is 5.75 Å². The third-order valence-electron chi connectivity index (χ3n) is 5.19. The first kappa shape index (κ1) is 22.5. The van der Waals surface area contributed by atoms with Crippen molar-refractivity contribution >= 4 is 5.97 Å². The monoisotopic (exact) mass is 377 g/mol. The number of carboxylic acids is 1. The fourth-order valence-electron chi connectivity index (χ4n) is 4.12. The second kappa shape index (κ2) is 10.1. The molecule has 0 saturated carbocycles. The maximum atomic E-state index is 13.4. The smallest absolute Gasteiger partial charge is 0.549 e. The average Bonchev–Trinajstić information content (AvgIpc) is 2.62. The van der Waals surface area contributed by atoms with Gasteiger partial charge in [0.15, 0.2) is 0 Å². The van der Waals surface area contributed by atoms with Crippen molar-refractivity contribution in [1.82, 2.24) is 4.90 Å². The van der Waals surface area contributed by atoms with E-state index in [1.807, 2.05) is 25.1 Å². The number of carboxylic acid groups (broad SMARTS) is 1. The van der Waals surface area contributed by atoms with Crippen LogP contribution in [-0.2, 0) is 11.2 Å². The fourth-order valence-corrected chi connectivity index (χ4v) is 4.12. The zero-order chi connectivity index (χ0) is 19.4. The van der Waals surface area contributed by atoms with E-state index in [1.54, 1.807) is 11.9 Å². The number of carbonyl (C=O) groups is 1. The zero-order valence-electron chi connectivity index (χ0n) is 16.8. The fraction of sp³-hybridized carbons (Fsp3) is 0.409. The molecule has 0 spiro atoms. The molecule has 0 aliphatic heterocycles. The van der Waals surface area contributed by atoms with Gasteiger partial charge in [0.25, 0.3) is 0 Å². The molecule has 6 heteroatoms. The molecule has 2 aromatic rings. The van der Waals surface area contributed by atoms with Crippen molar-refractivity contribution in [2.45, 2.75) is 25.7 Å². The molecule has 144 valence electrons. The third-order valence-corrected chi connectivity index (χ3v) is 5.19. The molecule has 0 fully saturated rings. The molecule has 1 aliphatic rings. The summed E-state index contributed by atoms with van der Waals surface area (Å²) in [4.78, 5) is 12.7. The largest absolute Gasteiger partial charge is 1.00 e. The van der Waals surface area contributed by atoms with E-state index in [4.69, 9.17) is 4.74 Å². The normalized spacial score (nSPS) is 18.3. The van der Waals surface area contributed by atoms with Gasteiger partial charge in [0, 0.05) is 19.0 Å². The third kappa shape index (κ3) is 5.38. The van der Waals surface area contributed by atoms with Crippen LogP contribution in [0, 0.1) is 11.7 Å². The standard InChI is InChI=1S/C22H26FNO3.Li/c1-3-27-19-10-11-20-16(12-19)4-5-17(13-24(2)14-21(25)26)22(20)15-6-8-18(23)9-7-15;/h6-12,17,22H,3-5,13-14H2,1-2H3,(H,25,26);/q;+1/p-1/t17-,22+;/m1./s1. The van der Waals surface area contributed by atoms with Crippen molar-refractivity contribution in [1.29, 1.82) is 0 Å². The molecule has 0 heterocycles. The molecule has 2 atom stereocenters. The van der Waals surface area contributed by atoms with Crippen LogP contribution in [0.1, 0.15) is 36.0 Å². The van der Waals surface area contributed by atoms with Crippen LogP contribution in [0.25, 0.3) is 0 Å². The minimum absolute atomic E-state index is 0. The number of ether oxygens (including phenoxy) is 1. The van der Waals surface area contributed by atoms with Crippen LogP contribution in [0.4, 0.5) is 4.39 Å². The Morgan fingerprint density at radius 3 is 2.61 bits per heavy atom. The molecule has 28 heavy (non-hydrogen) atoms. The van der Waals surface area contributed by atoms with Gasteiger partial charge in [-0.15, -0.1) is 0 Å². The molecule has 0 bridgehead atoms. The zero-order valence-corrected chi connectivity index (χ0v) is 16.8. The van der Waals surface area contributed by atoms with Gasteiger partial charge in [-0.1, -0.05) is 18.2 Å². The Morgan fingerprint density at radius 1 is 1.25 bits per heavy atom. The summed E-state index contributed by atoms with van der Waals surface area (Å²) in [6.07, 6.45) is 1.85. The molecular formula is C22H25FLiNO3. The Balaban J connectivity index is 0.00000280. The maximum Gasteiger partial charge on any atom is 1.00 e. The van der Waals surface area contributed by atoms with E-state index in [1.165, 1.54) is 23.3 Å². The molecule has 3 rings (SSSR count). The summed E-state index contributed by atoms with van der Waals surface area (Å²) < 4.78 is 19.1. The number of hydrogen-bond acceptors (Lipinski definition) is 4. The number of fused-ring (bicyclic) bond motifs is 1. The molecular weight excluding hydrogens is 352 g/mol. The molecule has 0 radical (unpaired) electrons. The van der Waals surface area contributed by atoms with Crippen molar-refractivity contribution in [3.63, 3.8) is 0 Å². The summed E-state index contributed by atoms with van der Waals surface area (Å²) in [5.41, 5.74) is 3.51. The quantitative estimate of drug-likeness (QED) is 0.617. The molecule has 1 aliphatic carbocycles. The van der Waals surface area contributed by atoms with Crippen LogP contribution >= 0.6 is 0 Å². The minimum Gasteiger partial charge on any atom is -0.549 e. The van der Waals surface area contributed by atoms with Crippen molar-refractivity contribution in [3.05, 3.63) is 65.0 Å². The van der Waals surface area contributed by atoms with E-state index < -0.39 is 5.97 Å². The van der Waals surface area contributed by atoms with Crippen molar-refractivity contribution in [2.75, 3.05) is 26.7 Å². The van der Waals surface area contributed by atoms with Crippen molar-refractivity contribution < 1.29 is 37.9 Å². The summed E-state index contributed by atoms with van der Waals surface area (Å²) in [6.45, 7) is 3.13. The van der Waals surface area contributed by atoms with Crippen LogP contribution < -0.4 is 28.7 Å². The molecule has 0 amide bonds. The molecule has 0 aromatic heterocycles. The minimum atomic E-state index is -1.08. The SMILES string of the molecule is CCOc1ccc2c(c1)CC[C@H](CN(C)CC(=O)[O-])[C@@H]2c1ccc(F)cc1.[Li+]. The molecule has 0 saturated heterocycles. The topological polar surface area (TPSA) is 52.6 Å². The van der Waals surface area contributed by atoms with E-state index in [9.17, 15) is 14.3 Å². The number of rotatable bonds is 7. The van der Waals surface area contributed by atoms with E-state index in [0.717, 1.165) is 24.2 Å². The van der Waals surface area contributed by atoms with Crippen LogP contribution in [-0.4, -0.2) is 37.6 Å². The second-order valence-electron chi connectivity index (χ2n) is 7.19. The molecule has 0 N–H and O–H groups in total. The first-order valence-corrected chi connectivity index (χ1v) is 9.37. The summed E-state index contributed by atoms with van der Waals surface area (Å²) in [7, 11) is 1.80. The van der Waals surface area contributed by atoms with Gasteiger partial charge in [0.05, 0.1) is 12.6 Å². The van der Waals surface area contributed by atoms with Gasteiger partial charge in [0.2, 0.25) is 0 Å². The van der Waals surface area contributed by atoms with Gasteiger partial charge in [-0.25, -0.2) is 4.39 Å². The second-order valence-corrected chi connectivity index (χ2v) is 7.19. The summed E-state index contributed by atoms with van der Waals surface area (Å²) in [5.74, 6) is -0.137. The van der Waals surface area contributed by atoms with Gasteiger partial charge in [-0.2, -0.15) is 0 Å². The van der Waals surface area contributed by atoms with Gasteiger partial charge < -0.3 is 19.5 Å². The van der Waals surface area contributed by atoms with Gasteiger partial charge in [-0.05, 0) is 73.7 Å². The Hall–Kier alpha value is -1.80. The van der Waals surface area contributed by atoms with Gasteiger partial charge >= 0.3 is 18.9 Å². The summed E-state index contributed by atoms with van der Waals surface area (Å²) in [5, 5.41) is 10.9. The average molecular weight is 377 g/mol. The van der Waals surface area contributed by atoms with Crippen LogP contribution in [0.2, 0.25) is 0 Å². The number of hydrogen-bond donors (Lipinski definition) is 0. The van der Waals surface area contributed by atoms with Crippen LogP contribution in [0.15, 0.2) is 42.5 Å². The van der Waals surface area contributed by atoms with E-state index in [0.29, 0.717) is 13.2 Å². The van der Waals surface area contributed by atoms with E-state index in [-0.39, 0.29) is 43.1 Å². The number of likely N-dealkylation sites (N-methyl/N-ethyl adjacent to an activating group) is 1. The summed E-state index contributed by atoms with van der Waals surface area (Å²) >= 11 is 0. The predicted octanol–water partition coefficient (Wildman–Crippen LogP) is -0.396. The Labute approximate surface area is 177 Å². The number of aryl methyl sites for hydroxylation is 1. The van der Waals surface area contributed by atoms with E-state index in [2.05, 4.69) is 12.1 Å². The van der Waals surface area contributed by atoms with Crippen molar-refractivity contribution in [3.8, 4) is 5.75 Å². The summed E-state index contributed by atoms with van der Waals surface area (Å²) in [6, 6.07) is 12.8. The Morgan fingerprint density at radius 2 is 1.96 bits per heavy atom. The Kier molecular flexibility index (Phi) is 8.12. The van der Waals surface area contributed by atoms with Gasteiger partial charge in [0.1, 0.15) is 11.6 Å². The first-order chi connectivity index (χ1) is 13.0. The number of carbonyl (C=O) groups excluding carboxylic acids is 1. The molecule has 2 aromatic carbocycles. The number of halogens is 1. The van der Waals surface area contributed by atoms with E-state index >= 15 is 0 Å². The molecule has 4 nitrogen and oxygen atoms in total. The van der Waals surface area contributed by atoms with Gasteiger partial charge in [-0.3, -0.25) is 0 Å². The van der Waals surface area contributed by atoms with Crippen LogP contribution in [0.3, 0.4) is 0 Å². The number of aliphatic carboxylic acids is 1. The number of nitrogens with zero attached hydrogens (tertiary/aromatic N) is 1. The first-order valence-electron chi connectivity index (χ1n) is 9.37. The predicted molar refractivity (Wildman–Crippen MR) is 100 cm³/mol. The van der Waals surface area contributed by atoms with Crippen molar-refractivity contribution in [2.24, 2.45) is 5.92 Å².